The van der Waals surface area contributed by atoms with Gasteiger partial charge in [0.1, 0.15) is 67.8 Å². The Kier molecular flexibility index (Phi) is 25.3. The molecule has 0 saturated carbocycles. The van der Waals surface area contributed by atoms with Crippen molar-refractivity contribution in [1.29, 1.82) is 10.5 Å². The van der Waals surface area contributed by atoms with Crippen LogP contribution in [0.3, 0.4) is 0 Å². The average molecular weight is 1440 g/mol. The lowest BCUT2D eigenvalue weighted by Gasteiger charge is -2.35. The van der Waals surface area contributed by atoms with Crippen LogP contribution in [0.5, 0.6) is 0 Å². The molecule has 14 rings (SSSR count). The number of nitriles is 2. The average Bonchev–Trinajstić information content (AvgIpc) is 1.63. The number of anilines is 6. The molecule has 8 aromatic heterocycles. The highest BCUT2D eigenvalue weighted by molar-refractivity contribution is 7.17. The molecule has 12 heterocycles. The number of imidazole rings is 2. The van der Waals surface area contributed by atoms with Gasteiger partial charge in [-0.2, -0.15) is 10.5 Å². The molecule has 0 bridgehead atoms. The van der Waals surface area contributed by atoms with E-state index < -0.39 is 12.1 Å². The Morgan fingerprint density at radius 3 is 1.38 bits per heavy atom. The van der Waals surface area contributed by atoms with E-state index in [0.29, 0.717) is 126 Å². The first-order valence-electron chi connectivity index (χ1n) is 33.5. The number of benzene rings is 2. The zero-order valence-electron chi connectivity index (χ0n) is 57.1. The summed E-state index contributed by atoms with van der Waals surface area (Å²) in [6.45, 7) is 15.2. The van der Waals surface area contributed by atoms with Gasteiger partial charge in [0.25, 0.3) is 0 Å². The van der Waals surface area contributed by atoms with Gasteiger partial charge >= 0.3 is 5.97 Å². The predicted molar refractivity (Wildman–Crippen MR) is 393 cm³/mol. The maximum absolute atomic E-state index is 13.6. The fraction of sp³-hybridized carbons (Fsp3) is 0.380. The second-order valence-electron chi connectivity index (χ2n) is 23.9. The van der Waals surface area contributed by atoms with Crippen molar-refractivity contribution in [3.8, 4) is 56.9 Å². The van der Waals surface area contributed by atoms with Gasteiger partial charge in [0.2, 0.25) is 17.8 Å². The lowest BCUT2D eigenvalue weighted by molar-refractivity contribution is -0.138. The van der Waals surface area contributed by atoms with Gasteiger partial charge in [-0.05, 0) is 105 Å². The Morgan fingerprint density at radius 2 is 1.03 bits per heavy atom. The minimum Gasteiger partial charge on any atom is -0.480 e. The minimum atomic E-state index is -0.822. The number of aliphatic hydroxyl groups excluding tert-OH is 2. The summed E-state index contributed by atoms with van der Waals surface area (Å²) in [5.74, 6) is 1.50. The van der Waals surface area contributed by atoms with Crippen molar-refractivity contribution in [2.45, 2.75) is 73.0 Å². The number of likely N-dealkylation sites (tertiary alicyclic amines) is 1. The standard InChI is InChI=1S/C34H35FN10O2S.C30H28FN9O2S.C4H9NO.C2H6.CH4.ClH/c1-3-27-32(41(2)34-40-31(28(16-36)48-34)22-4-7-25(35)8-5-22)45-19-23(6-9-29(45)39-27)24-17-37-33(38-18-24)43-14-12-42(13-15-43)21-30(47)44-11-10-26(46)20-44;1-3-23-28(37(2)30-36-27(24(14-32)43-30)19-4-7-22(31)8-5-19)40-17-20(6-9-25(40)35-23)21-15-33-29(34-16-21)39-12-10-38(11-13-39)18-26(41)42;6-4-1-2-5-3-4;1-2;;/h4-9,17-19,26,46H,3,10-15,20-21H2,1-2H3;4-9,15-17H,3,10-13,18H2,1-2H3,(H,41,42);4-6H,1-3H2;1-2H3;1H4;1H/t26-;;4-;;;/m1.1.../s1/i;;;1D;;. The number of piperazine rings is 2. The Morgan fingerprint density at radius 1 is 0.614 bits per heavy atom. The fourth-order valence-electron chi connectivity index (χ4n) is 12.1. The molecular weight excluding hydrogens is 1350 g/mol. The Hall–Kier alpha value is -9.69. The molecule has 30 heteroatoms. The molecule has 4 fully saturated rings. The third-order valence-electron chi connectivity index (χ3n) is 17.4. The quantitative estimate of drug-likeness (QED) is 0.0699. The summed E-state index contributed by atoms with van der Waals surface area (Å²) in [7, 11) is 3.81. The number of aryl methyl sites for hydroxylation is 2. The topological polar surface area (TPSA) is 289 Å². The maximum atomic E-state index is 13.6. The lowest BCUT2D eigenvalue weighted by Crippen LogP contribution is -2.50. The summed E-state index contributed by atoms with van der Waals surface area (Å²) < 4.78 is 37.3. The van der Waals surface area contributed by atoms with E-state index in [1.807, 2.05) is 93.6 Å². The van der Waals surface area contributed by atoms with Crippen LogP contribution in [-0.4, -0.2) is 208 Å². The molecule has 4 aliphatic heterocycles. The number of aliphatic carboxylic acids is 1. The van der Waals surface area contributed by atoms with Crippen molar-refractivity contribution < 1.29 is 35.1 Å². The molecular formula is C71H83ClF2N20O5S2. The first kappa shape index (κ1) is 74.0. The lowest BCUT2D eigenvalue weighted by atomic mass is 10.1. The number of fused-ring (bicyclic) bond motifs is 2. The minimum absolute atomic E-state index is 0. The number of amides is 1. The number of aliphatic hydroxyl groups is 2. The van der Waals surface area contributed by atoms with Crippen LogP contribution in [0.25, 0.3) is 56.1 Å². The van der Waals surface area contributed by atoms with Crippen LogP contribution in [0.4, 0.5) is 42.6 Å². The van der Waals surface area contributed by atoms with Gasteiger partial charge in [-0.3, -0.25) is 28.2 Å². The summed E-state index contributed by atoms with van der Waals surface area (Å²) in [5.41, 5.74) is 9.24. The molecule has 2 atom stereocenters. The number of carbonyl (C=O) groups excluding carboxylic acids is 1. The molecule has 10 aromatic rings. The number of thiazole rings is 2. The highest BCUT2D eigenvalue weighted by Gasteiger charge is 2.30. The highest BCUT2D eigenvalue weighted by Crippen LogP contribution is 2.40. The van der Waals surface area contributed by atoms with Crippen molar-refractivity contribution >= 4 is 92.0 Å². The van der Waals surface area contributed by atoms with E-state index in [2.05, 4.69) is 49.0 Å². The molecule has 4 saturated heterocycles. The molecule has 4 N–H and O–H groups in total. The Balaban J connectivity index is 0.000000209. The third kappa shape index (κ3) is 17.6. The van der Waals surface area contributed by atoms with Crippen molar-refractivity contribution in [1.82, 2.24) is 68.7 Å². The zero-order chi connectivity index (χ0) is 70.6. The van der Waals surface area contributed by atoms with Crippen LogP contribution >= 0.6 is 35.1 Å². The van der Waals surface area contributed by atoms with Crippen molar-refractivity contribution in [3.63, 3.8) is 0 Å². The summed E-state index contributed by atoms with van der Waals surface area (Å²) in [4.78, 5) is 76.3. The number of pyridine rings is 2. The predicted octanol–water partition coefficient (Wildman–Crippen LogP) is 9.86. The van der Waals surface area contributed by atoms with Crippen LogP contribution in [0.1, 0.15) is 70.5 Å². The molecule has 4 aliphatic rings. The van der Waals surface area contributed by atoms with Crippen LogP contribution in [-0.2, 0) is 22.4 Å². The number of nitrogens with zero attached hydrogens (tertiary/aromatic N) is 19. The normalized spacial score (nSPS) is 16.1. The third-order valence-corrected chi connectivity index (χ3v) is 19.5. The van der Waals surface area contributed by atoms with E-state index in [-0.39, 0.29) is 50.0 Å². The zero-order valence-corrected chi connectivity index (χ0v) is 58.6. The summed E-state index contributed by atoms with van der Waals surface area (Å²) in [6.07, 6.45) is 13.7. The smallest absolute Gasteiger partial charge is 0.317 e. The van der Waals surface area contributed by atoms with E-state index >= 15 is 0 Å². The monoisotopic (exact) mass is 1430 g/mol. The first-order valence-corrected chi connectivity index (χ1v) is 34.4. The summed E-state index contributed by atoms with van der Waals surface area (Å²) >= 11 is 2.55. The molecule has 25 nitrogen and oxygen atoms in total. The second kappa shape index (κ2) is 34.6. The van der Waals surface area contributed by atoms with Crippen molar-refractivity contribution in [2.75, 3.05) is 125 Å². The van der Waals surface area contributed by atoms with Crippen LogP contribution in [0.2, 0.25) is 0 Å². The molecule has 1 amide bonds. The highest BCUT2D eigenvalue weighted by atomic mass is 35.5. The van der Waals surface area contributed by atoms with Crippen molar-refractivity contribution in [3.05, 3.63) is 143 Å². The van der Waals surface area contributed by atoms with Crippen molar-refractivity contribution in [2.24, 2.45) is 0 Å². The number of nitrogens with one attached hydrogen (secondary N) is 1. The number of carboxylic acids is 1. The van der Waals surface area contributed by atoms with Gasteiger partial charge in [0, 0.05) is 158 Å². The van der Waals surface area contributed by atoms with Crippen LogP contribution in [0, 0.1) is 34.3 Å². The second-order valence-corrected chi connectivity index (χ2v) is 25.8. The van der Waals surface area contributed by atoms with Gasteiger partial charge in [0.15, 0.2) is 10.3 Å². The number of aromatic nitrogens is 10. The van der Waals surface area contributed by atoms with E-state index in [9.17, 15) is 34.0 Å². The molecule has 0 radical (unpaired) electrons. The summed E-state index contributed by atoms with van der Waals surface area (Å²) in [5, 5.41) is 51.4. The van der Waals surface area contributed by atoms with Gasteiger partial charge in [-0.1, -0.05) is 57.8 Å². The molecule has 101 heavy (non-hydrogen) atoms. The number of halogens is 3. The summed E-state index contributed by atoms with van der Waals surface area (Å²) in [6, 6.07) is 24.4. The molecule has 0 spiro atoms. The molecule has 530 valence electrons. The van der Waals surface area contributed by atoms with Gasteiger partial charge in [-0.15, -0.1) is 12.4 Å². The maximum Gasteiger partial charge on any atom is 0.317 e. The van der Waals surface area contributed by atoms with Crippen LogP contribution in [0.15, 0.2) is 110 Å². The van der Waals surface area contributed by atoms with E-state index in [0.717, 1.165) is 102 Å². The molecule has 0 aliphatic carbocycles. The van der Waals surface area contributed by atoms with Gasteiger partial charge in [-0.25, -0.2) is 48.7 Å². The van der Waals surface area contributed by atoms with Gasteiger partial charge in [0.05, 0.1) is 36.7 Å². The number of hydrogen-bond acceptors (Lipinski definition) is 23. The number of hydrogen-bond donors (Lipinski definition) is 4. The van der Waals surface area contributed by atoms with Crippen LogP contribution < -0.4 is 24.9 Å². The largest absolute Gasteiger partial charge is 0.480 e. The number of carboxylic acid groups (broad SMARTS) is 1. The van der Waals surface area contributed by atoms with E-state index in [4.69, 9.17) is 41.5 Å². The number of carbonyl (C=O) groups is 2. The Labute approximate surface area is 601 Å². The molecule has 0 unspecified atom stereocenters. The number of β-amino-alcohol motifs (C(OH)–C–C–N with tert-alkyl or cyclic N) is 2. The number of rotatable bonds is 16. The van der Waals surface area contributed by atoms with E-state index in [1.165, 1.54) is 46.9 Å². The Bertz CT molecular complexity index is 4530. The SMILES string of the molecule is C.CCc1nc2ccc(-c3cnc(N4CCN(CC(=O)N5CC[C@@H](O)C5)CC4)nc3)cn2c1N(C)c1nc(-c2ccc(F)cc2)c(C#N)s1.CCc1nc2ccc(-c3cnc(N4CCN(CC(=O)O)CC4)nc3)cn2c1N(C)c1nc(-c2ccc(F)cc2)c(C#N)s1.Cl.O[C@@H]1CCNC1.[2H]CC. The fourth-order valence-corrected chi connectivity index (χ4v) is 13.8. The molecule has 2 aromatic carbocycles. The van der Waals surface area contributed by atoms with Gasteiger partial charge < -0.3 is 45.1 Å². The van der Waals surface area contributed by atoms with E-state index in [1.54, 1.807) is 48.5 Å². The first-order chi connectivity index (χ1) is 48.5.